The second kappa shape index (κ2) is 5.32. The number of carbonyl (C=O) groups is 1. The van der Waals surface area contributed by atoms with Crippen molar-refractivity contribution in [3.05, 3.63) is 59.9 Å². The number of amides is 1. The van der Waals surface area contributed by atoms with Crippen LogP contribution in [0.25, 0.3) is 11.0 Å². The second-order valence-corrected chi connectivity index (χ2v) is 4.81. The fourth-order valence-corrected chi connectivity index (χ4v) is 2.18. The van der Waals surface area contributed by atoms with Crippen molar-refractivity contribution >= 4 is 22.6 Å². The Labute approximate surface area is 122 Å². The van der Waals surface area contributed by atoms with E-state index in [1.165, 1.54) is 0 Å². The van der Waals surface area contributed by atoms with E-state index >= 15 is 0 Å². The predicted molar refractivity (Wildman–Crippen MR) is 81.9 cm³/mol. The first-order chi connectivity index (χ1) is 10.2. The molecule has 0 radical (unpaired) electrons. The van der Waals surface area contributed by atoms with Crippen molar-refractivity contribution in [3.63, 3.8) is 0 Å². The summed E-state index contributed by atoms with van der Waals surface area (Å²) in [5.74, 6) is 0.590. The molecule has 2 aromatic carbocycles. The number of benzene rings is 2. The third kappa shape index (κ3) is 2.60. The number of fused-ring (bicyclic) bond motifs is 1. The fraction of sp³-hybridized carbons (Fsp3) is 0.118. The van der Waals surface area contributed by atoms with E-state index in [1.807, 2.05) is 37.3 Å². The van der Waals surface area contributed by atoms with E-state index in [0.29, 0.717) is 17.0 Å². The zero-order chi connectivity index (χ0) is 14.8. The van der Waals surface area contributed by atoms with Gasteiger partial charge in [-0.2, -0.15) is 0 Å². The number of hydrogen-bond donors (Lipinski definition) is 1. The maximum Gasteiger partial charge on any atom is 0.291 e. The molecule has 4 heteroatoms. The van der Waals surface area contributed by atoms with E-state index in [-0.39, 0.29) is 11.7 Å². The smallest absolute Gasteiger partial charge is 0.291 e. The minimum absolute atomic E-state index is 0.279. The lowest BCUT2D eigenvalue weighted by atomic mass is 10.2. The molecule has 21 heavy (non-hydrogen) atoms. The lowest BCUT2D eigenvalue weighted by Crippen LogP contribution is -2.11. The minimum Gasteiger partial charge on any atom is -0.495 e. The summed E-state index contributed by atoms with van der Waals surface area (Å²) >= 11 is 0. The van der Waals surface area contributed by atoms with Gasteiger partial charge < -0.3 is 14.5 Å². The summed E-state index contributed by atoms with van der Waals surface area (Å²) in [4.78, 5) is 12.3. The quantitative estimate of drug-likeness (QED) is 0.789. The van der Waals surface area contributed by atoms with Crippen LogP contribution in [0.3, 0.4) is 0 Å². The number of carbonyl (C=O) groups excluding carboxylic acids is 1. The molecule has 0 fully saturated rings. The molecule has 0 saturated carbocycles. The van der Waals surface area contributed by atoms with Crippen molar-refractivity contribution in [1.82, 2.24) is 0 Å². The zero-order valence-electron chi connectivity index (χ0n) is 11.8. The number of ether oxygens (including phenoxy) is 1. The van der Waals surface area contributed by atoms with Gasteiger partial charge in [0.1, 0.15) is 11.3 Å². The molecular formula is C17H15NO3. The van der Waals surface area contributed by atoms with Crippen LogP contribution in [-0.2, 0) is 0 Å². The third-order valence-electron chi connectivity index (χ3n) is 3.25. The van der Waals surface area contributed by atoms with Gasteiger partial charge in [-0.05, 0) is 36.8 Å². The van der Waals surface area contributed by atoms with Crippen LogP contribution in [0.15, 0.2) is 52.9 Å². The minimum atomic E-state index is -0.298. The standard InChI is InChI=1S/C17H15NO3/c1-11-7-8-12-10-16(21-15(12)9-11)17(19)18-13-5-3-4-6-14(13)20-2/h3-10H,1-2H3,(H,18,19). The Bertz CT molecular complexity index is 805. The second-order valence-electron chi connectivity index (χ2n) is 4.81. The highest BCUT2D eigenvalue weighted by molar-refractivity contribution is 6.05. The molecule has 1 aromatic heterocycles. The first-order valence-electron chi connectivity index (χ1n) is 6.62. The number of aryl methyl sites for hydroxylation is 1. The van der Waals surface area contributed by atoms with Crippen molar-refractivity contribution in [3.8, 4) is 5.75 Å². The van der Waals surface area contributed by atoms with Crippen molar-refractivity contribution in [2.75, 3.05) is 12.4 Å². The lowest BCUT2D eigenvalue weighted by Gasteiger charge is -2.08. The van der Waals surface area contributed by atoms with Gasteiger partial charge in [-0.25, -0.2) is 0 Å². The molecule has 0 spiro atoms. The first-order valence-corrected chi connectivity index (χ1v) is 6.62. The Hall–Kier alpha value is -2.75. The number of para-hydroxylation sites is 2. The van der Waals surface area contributed by atoms with E-state index in [9.17, 15) is 4.79 Å². The van der Waals surface area contributed by atoms with Crippen LogP contribution in [0.4, 0.5) is 5.69 Å². The van der Waals surface area contributed by atoms with Crippen LogP contribution in [0, 0.1) is 6.92 Å². The molecule has 1 heterocycles. The number of furan rings is 1. The molecule has 1 amide bonds. The van der Waals surface area contributed by atoms with Crippen LogP contribution >= 0.6 is 0 Å². The third-order valence-corrected chi connectivity index (χ3v) is 3.25. The molecule has 0 aliphatic heterocycles. The average Bonchev–Trinajstić information content (AvgIpc) is 2.91. The molecule has 0 atom stereocenters. The van der Waals surface area contributed by atoms with Gasteiger partial charge >= 0.3 is 0 Å². The van der Waals surface area contributed by atoms with Gasteiger partial charge in [-0.3, -0.25) is 4.79 Å². The highest BCUT2D eigenvalue weighted by atomic mass is 16.5. The molecule has 4 nitrogen and oxygen atoms in total. The molecule has 3 aromatic rings. The normalized spacial score (nSPS) is 10.6. The molecule has 0 unspecified atom stereocenters. The summed E-state index contributed by atoms with van der Waals surface area (Å²) < 4.78 is 10.8. The number of rotatable bonds is 3. The van der Waals surface area contributed by atoms with E-state index in [0.717, 1.165) is 10.9 Å². The molecule has 0 aliphatic carbocycles. The van der Waals surface area contributed by atoms with E-state index < -0.39 is 0 Å². The topological polar surface area (TPSA) is 51.5 Å². The number of anilines is 1. The van der Waals surface area contributed by atoms with Crippen molar-refractivity contribution < 1.29 is 13.9 Å². The molecule has 1 N–H and O–H groups in total. The maximum atomic E-state index is 12.3. The van der Waals surface area contributed by atoms with E-state index in [1.54, 1.807) is 25.3 Å². The van der Waals surface area contributed by atoms with Gasteiger partial charge in [0, 0.05) is 5.39 Å². The van der Waals surface area contributed by atoms with Crippen LogP contribution in [0.1, 0.15) is 16.1 Å². The van der Waals surface area contributed by atoms with Crippen LogP contribution in [-0.4, -0.2) is 13.0 Å². The Kier molecular flexibility index (Phi) is 3.36. The van der Waals surface area contributed by atoms with Gasteiger partial charge in [-0.15, -0.1) is 0 Å². The van der Waals surface area contributed by atoms with E-state index in [2.05, 4.69) is 5.32 Å². The van der Waals surface area contributed by atoms with Gasteiger partial charge in [0.05, 0.1) is 12.8 Å². The van der Waals surface area contributed by atoms with Crippen molar-refractivity contribution in [1.29, 1.82) is 0 Å². The predicted octanol–water partition coefficient (Wildman–Crippen LogP) is 4.00. The van der Waals surface area contributed by atoms with Crippen molar-refractivity contribution in [2.45, 2.75) is 6.92 Å². The number of methoxy groups -OCH3 is 1. The fourth-order valence-electron chi connectivity index (χ4n) is 2.18. The number of nitrogens with one attached hydrogen (secondary N) is 1. The largest absolute Gasteiger partial charge is 0.495 e. The summed E-state index contributed by atoms with van der Waals surface area (Å²) in [6.45, 7) is 1.98. The van der Waals surface area contributed by atoms with Gasteiger partial charge in [0.2, 0.25) is 0 Å². The Morgan fingerprint density at radius 1 is 1.14 bits per heavy atom. The van der Waals surface area contributed by atoms with Crippen molar-refractivity contribution in [2.24, 2.45) is 0 Å². The Morgan fingerprint density at radius 3 is 2.76 bits per heavy atom. The maximum absolute atomic E-state index is 12.3. The summed E-state index contributed by atoms with van der Waals surface area (Å²) in [6, 6.07) is 14.8. The van der Waals surface area contributed by atoms with Gasteiger partial charge in [-0.1, -0.05) is 24.3 Å². The van der Waals surface area contributed by atoms with E-state index in [4.69, 9.17) is 9.15 Å². The summed E-state index contributed by atoms with van der Waals surface area (Å²) in [7, 11) is 1.56. The SMILES string of the molecule is COc1ccccc1NC(=O)c1cc2ccc(C)cc2o1. The van der Waals surface area contributed by atoms with Crippen LogP contribution in [0.5, 0.6) is 5.75 Å². The Balaban J connectivity index is 1.90. The number of hydrogen-bond acceptors (Lipinski definition) is 3. The molecule has 0 saturated heterocycles. The van der Waals surface area contributed by atoms with Crippen LogP contribution in [0.2, 0.25) is 0 Å². The Morgan fingerprint density at radius 2 is 1.95 bits per heavy atom. The monoisotopic (exact) mass is 281 g/mol. The molecule has 106 valence electrons. The average molecular weight is 281 g/mol. The molecule has 3 rings (SSSR count). The van der Waals surface area contributed by atoms with Crippen LogP contribution < -0.4 is 10.1 Å². The van der Waals surface area contributed by atoms with Gasteiger partial charge in [0.15, 0.2) is 5.76 Å². The highest BCUT2D eigenvalue weighted by Crippen LogP contribution is 2.25. The summed E-state index contributed by atoms with van der Waals surface area (Å²) in [5.41, 5.74) is 2.41. The zero-order valence-corrected chi connectivity index (χ0v) is 11.8. The highest BCUT2D eigenvalue weighted by Gasteiger charge is 2.14. The summed E-state index contributed by atoms with van der Waals surface area (Å²) in [5, 5.41) is 3.70. The van der Waals surface area contributed by atoms with Gasteiger partial charge in [0.25, 0.3) is 5.91 Å². The first kappa shape index (κ1) is 13.2. The summed E-state index contributed by atoms with van der Waals surface area (Å²) in [6.07, 6.45) is 0. The molecule has 0 bridgehead atoms. The lowest BCUT2D eigenvalue weighted by molar-refractivity contribution is 0.0998. The molecule has 0 aliphatic rings. The molecular weight excluding hydrogens is 266 g/mol.